The minimum Gasteiger partial charge on any atom is -0.312 e. The monoisotopic (exact) mass is 250 g/mol. The van der Waals surface area contributed by atoms with Crippen molar-refractivity contribution >= 4 is 11.8 Å². The minimum absolute atomic E-state index is 0.136. The van der Waals surface area contributed by atoms with Gasteiger partial charge < -0.3 is 5.32 Å². The maximum atomic E-state index is 11.7. The summed E-state index contributed by atoms with van der Waals surface area (Å²) in [5, 5.41) is 3.48. The summed E-state index contributed by atoms with van der Waals surface area (Å²) in [4.78, 5) is 24.5. The van der Waals surface area contributed by atoms with Gasteiger partial charge in [0.25, 0.3) is 11.8 Å². The molecule has 0 spiro atoms. The zero-order valence-electron chi connectivity index (χ0n) is 11.1. The molecule has 2 rings (SSSR count). The Kier molecular flexibility index (Phi) is 4.53. The molecule has 0 unspecified atom stereocenters. The van der Waals surface area contributed by atoms with Crippen LogP contribution in [0.1, 0.15) is 45.4 Å². The molecule has 0 bridgehead atoms. The van der Waals surface area contributed by atoms with Crippen molar-refractivity contribution in [1.82, 2.24) is 10.2 Å². The molecule has 1 heterocycles. The number of hydrogen-bond acceptors (Lipinski definition) is 3. The second kappa shape index (κ2) is 6.14. The molecule has 2 amide bonds. The maximum Gasteiger partial charge on any atom is 0.256 e. The summed E-state index contributed by atoms with van der Waals surface area (Å²) in [5.74, 6) is -0.303. The molecule has 100 valence electrons. The second-order valence-corrected chi connectivity index (χ2v) is 5.26. The van der Waals surface area contributed by atoms with E-state index in [2.05, 4.69) is 5.32 Å². The van der Waals surface area contributed by atoms with Gasteiger partial charge in [0.05, 0.1) is 0 Å². The highest BCUT2D eigenvalue weighted by Crippen LogP contribution is 2.17. The highest BCUT2D eigenvalue weighted by Gasteiger charge is 2.27. The predicted molar refractivity (Wildman–Crippen MR) is 70.0 cm³/mol. The fourth-order valence-electron chi connectivity index (χ4n) is 2.71. The molecule has 0 radical (unpaired) electrons. The van der Waals surface area contributed by atoms with Crippen LogP contribution in [-0.2, 0) is 9.59 Å². The molecule has 4 nitrogen and oxygen atoms in total. The molecular formula is C14H22N2O2. The first kappa shape index (κ1) is 13.3. The summed E-state index contributed by atoms with van der Waals surface area (Å²) in [5.41, 5.74) is 0.550. The predicted octanol–water partition coefficient (Wildman–Crippen LogP) is 1.61. The highest BCUT2D eigenvalue weighted by atomic mass is 16.2. The lowest BCUT2D eigenvalue weighted by atomic mass is 10.1. The van der Waals surface area contributed by atoms with E-state index in [0.29, 0.717) is 24.7 Å². The molecule has 4 heteroatoms. The van der Waals surface area contributed by atoms with Crippen LogP contribution in [-0.4, -0.2) is 35.8 Å². The van der Waals surface area contributed by atoms with Crippen LogP contribution in [0.25, 0.3) is 0 Å². The molecule has 0 aromatic carbocycles. The third-order valence-corrected chi connectivity index (χ3v) is 3.81. The van der Waals surface area contributed by atoms with E-state index >= 15 is 0 Å². The molecule has 1 fully saturated rings. The summed E-state index contributed by atoms with van der Waals surface area (Å²) >= 11 is 0. The molecular weight excluding hydrogens is 228 g/mol. The van der Waals surface area contributed by atoms with Crippen LogP contribution < -0.4 is 5.32 Å². The van der Waals surface area contributed by atoms with Crippen LogP contribution in [0.15, 0.2) is 11.6 Å². The third-order valence-electron chi connectivity index (χ3n) is 3.81. The summed E-state index contributed by atoms with van der Waals surface area (Å²) in [6.45, 7) is 2.89. The smallest absolute Gasteiger partial charge is 0.256 e. The van der Waals surface area contributed by atoms with Crippen LogP contribution in [0, 0.1) is 0 Å². The van der Waals surface area contributed by atoms with E-state index in [1.165, 1.54) is 49.5 Å². The standard InChI is InChI=1S/C14H22N2O2/c1-11-10-13(17)16(14(11)18)9-8-15-12-6-4-2-3-5-7-12/h10,12,15H,2-9H2,1H3. The Hall–Kier alpha value is -1.16. The van der Waals surface area contributed by atoms with Crippen LogP contribution in [0.2, 0.25) is 0 Å². The summed E-state index contributed by atoms with van der Waals surface area (Å²) < 4.78 is 0. The van der Waals surface area contributed by atoms with Crippen molar-refractivity contribution in [3.8, 4) is 0 Å². The Balaban J connectivity index is 1.72. The molecule has 18 heavy (non-hydrogen) atoms. The first-order chi connectivity index (χ1) is 8.68. The lowest BCUT2D eigenvalue weighted by Crippen LogP contribution is -2.40. The summed E-state index contributed by atoms with van der Waals surface area (Å²) in [6, 6.07) is 0.564. The average molecular weight is 250 g/mol. The molecule has 0 atom stereocenters. The zero-order valence-corrected chi connectivity index (χ0v) is 11.1. The zero-order chi connectivity index (χ0) is 13.0. The van der Waals surface area contributed by atoms with Crippen molar-refractivity contribution in [1.29, 1.82) is 0 Å². The van der Waals surface area contributed by atoms with E-state index < -0.39 is 0 Å². The van der Waals surface area contributed by atoms with Crippen LogP contribution in [0.3, 0.4) is 0 Å². The number of rotatable bonds is 4. The molecule has 0 aromatic heterocycles. The van der Waals surface area contributed by atoms with E-state index in [9.17, 15) is 9.59 Å². The number of amides is 2. The van der Waals surface area contributed by atoms with Crippen molar-refractivity contribution in [3.05, 3.63) is 11.6 Å². The lowest BCUT2D eigenvalue weighted by molar-refractivity contribution is -0.137. The first-order valence-corrected chi connectivity index (χ1v) is 6.96. The number of carbonyl (C=O) groups excluding carboxylic acids is 2. The largest absolute Gasteiger partial charge is 0.312 e. The second-order valence-electron chi connectivity index (χ2n) is 5.26. The minimum atomic E-state index is -0.167. The van der Waals surface area contributed by atoms with Gasteiger partial charge in [0.15, 0.2) is 0 Å². The Morgan fingerprint density at radius 2 is 1.89 bits per heavy atom. The molecule has 0 saturated heterocycles. The Bertz CT molecular complexity index is 355. The van der Waals surface area contributed by atoms with Gasteiger partial charge in [-0.15, -0.1) is 0 Å². The van der Waals surface area contributed by atoms with Crippen LogP contribution in [0.4, 0.5) is 0 Å². The SMILES string of the molecule is CC1=CC(=O)N(CCNC2CCCCCC2)C1=O. The maximum absolute atomic E-state index is 11.7. The van der Waals surface area contributed by atoms with E-state index in [4.69, 9.17) is 0 Å². The van der Waals surface area contributed by atoms with E-state index in [-0.39, 0.29) is 11.8 Å². The van der Waals surface area contributed by atoms with Crippen molar-refractivity contribution in [2.24, 2.45) is 0 Å². The van der Waals surface area contributed by atoms with Crippen molar-refractivity contribution in [3.63, 3.8) is 0 Å². The number of imide groups is 1. The van der Waals surface area contributed by atoms with Gasteiger partial charge in [0.1, 0.15) is 0 Å². The Morgan fingerprint density at radius 1 is 1.22 bits per heavy atom. The van der Waals surface area contributed by atoms with Gasteiger partial charge in [-0.25, -0.2) is 0 Å². The molecule has 1 aliphatic carbocycles. The van der Waals surface area contributed by atoms with E-state index in [0.717, 1.165) is 0 Å². The first-order valence-electron chi connectivity index (χ1n) is 6.96. The lowest BCUT2D eigenvalue weighted by Gasteiger charge is -2.19. The van der Waals surface area contributed by atoms with Gasteiger partial charge in [-0.1, -0.05) is 25.7 Å². The summed E-state index contributed by atoms with van der Waals surface area (Å²) in [7, 11) is 0. The van der Waals surface area contributed by atoms with Gasteiger partial charge >= 0.3 is 0 Å². The van der Waals surface area contributed by atoms with Gasteiger partial charge in [0.2, 0.25) is 0 Å². The average Bonchev–Trinajstić information content (AvgIpc) is 2.57. The molecule has 1 saturated carbocycles. The normalized spacial score (nSPS) is 22.3. The molecule has 2 aliphatic rings. The van der Waals surface area contributed by atoms with Gasteiger partial charge in [-0.05, 0) is 19.8 Å². The number of carbonyl (C=O) groups is 2. The number of nitrogens with one attached hydrogen (secondary N) is 1. The van der Waals surface area contributed by atoms with Gasteiger partial charge in [0, 0.05) is 30.8 Å². The van der Waals surface area contributed by atoms with Gasteiger partial charge in [-0.3, -0.25) is 14.5 Å². The number of nitrogens with zero attached hydrogens (tertiary/aromatic N) is 1. The fourth-order valence-corrected chi connectivity index (χ4v) is 2.71. The van der Waals surface area contributed by atoms with Crippen molar-refractivity contribution in [2.45, 2.75) is 51.5 Å². The third kappa shape index (κ3) is 3.19. The van der Waals surface area contributed by atoms with Crippen molar-refractivity contribution < 1.29 is 9.59 Å². The molecule has 1 N–H and O–H groups in total. The van der Waals surface area contributed by atoms with E-state index in [1.807, 2.05) is 0 Å². The highest BCUT2D eigenvalue weighted by molar-refractivity contribution is 6.15. The number of hydrogen-bond donors (Lipinski definition) is 1. The summed E-state index contributed by atoms with van der Waals surface area (Å²) in [6.07, 6.45) is 9.13. The quantitative estimate of drug-likeness (QED) is 0.609. The Morgan fingerprint density at radius 3 is 2.44 bits per heavy atom. The van der Waals surface area contributed by atoms with Crippen LogP contribution >= 0.6 is 0 Å². The molecule has 1 aliphatic heterocycles. The van der Waals surface area contributed by atoms with Gasteiger partial charge in [-0.2, -0.15) is 0 Å². The molecule has 0 aromatic rings. The fraction of sp³-hybridized carbons (Fsp3) is 0.714. The topological polar surface area (TPSA) is 49.4 Å². The Labute approximate surface area is 108 Å². The van der Waals surface area contributed by atoms with Crippen molar-refractivity contribution in [2.75, 3.05) is 13.1 Å². The van der Waals surface area contributed by atoms with Crippen LogP contribution in [0.5, 0.6) is 0 Å². The van der Waals surface area contributed by atoms with E-state index in [1.54, 1.807) is 6.92 Å².